The van der Waals surface area contributed by atoms with Crippen LogP contribution in [-0.4, -0.2) is 16.5 Å². The average molecular weight is 210 g/mol. The molecule has 2 bridgehead atoms. The van der Waals surface area contributed by atoms with Crippen LogP contribution < -0.4 is 0 Å². The largest absolute Gasteiger partial charge is 0.390 e. The second-order valence-corrected chi connectivity index (χ2v) is 5.90. The Morgan fingerprint density at radius 1 is 1.27 bits per heavy atom. The maximum atomic E-state index is 11.6. The van der Waals surface area contributed by atoms with Crippen molar-refractivity contribution in [3.63, 3.8) is 0 Å². The summed E-state index contributed by atoms with van der Waals surface area (Å²) in [5.74, 6) is 1.81. The van der Waals surface area contributed by atoms with Gasteiger partial charge in [0.1, 0.15) is 5.78 Å². The van der Waals surface area contributed by atoms with Gasteiger partial charge in [0, 0.05) is 5.92 Å². The summed E-state index contributed by atoms with van der Waals surface area (Å²) in [6, 6.07) is 0. The van der Waals surface area contributed by atoms with Crippen molar-refractivity contribution in [3.8, 4) is 0 Å². The van der Waals surface area contributed by atoms with Crippen molar-refractivity contribution in [1.82, 2.24) is 0 Å². The molecule has 2 saturated carbocycles. The van der Waals surface area contributed by atoms with Crippen LogP contribution in [-0.2, 0) is 4.79 Å². The Labute approximate surface area is 92.1 Å². The zero-order chi connectivity index (χ0) is 11.2. The molecule has 0 amide bonds. The summed E-state index contributed by atoms with van der Waals surface area (Å²) >= 11 is 0. The Kier molecular flexibility index (Phi) is 2.66. The molecule has 0 aliphatic heterocycles. The first-order valence-corrected chi connectivity index (χ1v) is 6.17. The third-order valence-corrected chi connectivity index (χ3v) is 4.70. The molecule has 2 atom stereocenters. The van der Waals surface area contributed by atoms with Crippen molar-refractivity contribution < 1.29 is 9.90 Å². The van der Waals surface area contributed by atoms with Gasteiger partial charge < -0.3 is 5.11 Å². The van der Waals surface area contributed by atoms with Crippen molar-refractivity contribution >= 4 is 5.78 Å². The number of carbonyl (C=O) groups is 1. The Morgan fingerprint density at radius 2 is 1.73 bits per heavy atom. The van der Waals surface area contributed by atoms with E-state index in [0.717, 1.165) is 25.7 Å². The van der Waals surface area contributed by atoms with Crippen molar-refractivity contribution in [2.24, 2.45) is 23.7 Å². The Balaban J connectivity index is 2.18. The van der Waals surface area contributed by atoms with Gasteiger partial charge in [-0.05, 0) is 50.4 Å². The lowest BCUT2D eigenvalue weighted by Crippen LogP contribution is -2.45. The highest BCUT2D eigenvalue weighted by molar-refractivity contribution is 5.79. The predicted molar refractivity (Wildman–Crippen MR) is 59.4 cm³/mol. The summed E-state index contributed by atoms with van der Waals surface area (Å²) in [5, 5.41) is 10.5. The molecule has 0 heterocycles. The third kappa shape index (κ3) is 1.73. The van der Waals surface area contributed by atoms with Gasteiger partial charge >= 0.3 is 0 Å². The minimum absolute atomic E-state index is 0.254. The molecule has 0 spiro atoms. The summed E-state index contributed by atoms with van der Waals surface area (Å²) in [4.78, 5) is 11.6. The summed E-state index contributed by atoms with van der Waals surface area (Å²) in [7, 11) is 0. The molecule has 2 rings (SSSR count). The number of carbonyl (C=O) groups excluding carboxylic acids is 1. The SMILES string of the molecule is CC(=O)C1C2CCC1CC(O)(C(C)C)C2. The van der Waals surface area contributed by atoms with Crippen LogP contribution in [0.4, 0.5) is 0 Å². The second-order valence-electron chi connectivity index (χ2n) is 5.90. The van der Waals surface area contributed by atoms with Gasteiger partial charge in [-0.1, -0.05) is 13.8 Å². The van der Waals surface area contributed by atoms with E-state index in [4.69, 9.17) is 0 Å². The topological polar surface area (TPSA) is 37.3 Å². The molecule has 2 aliphatic rings. The lowest BCUT2D eigenvalue weighted by molar-refractivity contribution is -0.130. The van der Waals surface area contributed by atoms with Gasteiger partial charge in [0.2, 0.25) is 0 Å². The first kappa shape index (κ1) is 11.1. The van der Waals surface area contributed by atoms with E-state index < -0.39 is 5.60 Å². The fraction of sp³-hybridized carbons (Fsp3) is 0.923. The number of aliphatic hydroxyl groups is 1. The van der Waals surface area contributed by atoms with Gasteiger partial charge in [-0.3, -0.25) is 4.79 Å². The van der Waals surface area contributed by atoms with Crippen LogP contribution in [0.25, 0.3) is 0 Å². The first-order chi connectivity index (χ1) is 6.94. The van der Waals surface area contributed by atoms with Gasteiger partial charge in [-0.15, -0.1) is 0 Å². The van der Waals surface area contributed by atoms with Crippen LogP contribution in [0.3, 0.4) is 0 Å². The van der Waals surface area contributed by atoms with Crippen molar-refractivity contribution in [2.75, 3.05) is 0 Å². The van der Waals surface area contributed by atoms with E-state index in [1.54, 1.807) is 6.92 Å². The minimum atomic E-state index is -0.502. The van der Waals surface area contributed by atoms with Crippen molar-refractivity contribution in [3.05, 3.63) is 0 Å². The molecule has 0 aromatic rings. The molecule has 2 fully saturated rings. The normalized spacial score (nSPS) is 44.7. The molecule has 2 nitrogen and oxygen atoms in total. The Hall–Kier alpha value is -0.370. The summed E-state index contributed by atoms with van der Waals surface area (Å²) in [6.45, 7) is 5.90. The van der Waals surface area contributed by atoms with Gasteiger partial charge in [-0.25, -0.2) is 0 Å². The van der Waals surface area contributed by atoms with E-state index in [1.807, 2.05) is 0 Å². The van der Waals surface area contributed by atoms with Gasteiger partial charge in [0.05, 0.1) is 5.60 Å². The Morgan fingerprint density at radius 3 is 2.07 bits per heavy atom. The molecular formula is C13H22O2. The minimum Gasteiger partial charge on any atom is -0.390 e. The molecule has 2 heteroatoms. The highest BCUT2D eigenvalue weighted by atomic mass is 16.3. The fourth-order valence-electron chi connectivity index (χ4n) is 3.76. The van der Waals surface area contributed by atoms with E-state index in [1.165, 1.54) is 0 Å². The standard InChI is InChI=1S/C13H22O2/c1-8(2)13(15)6-10-4-5-11(7-13)12(10)9(3)14/h8,10-12,15H,4-7H2,1-3H3. The molecular weight excluding hydrogens is 188 g/mol. The van der Waals surface area contributed by atoms with E-state index in [-0.39, 0.29) is 5.92 Å². The van der Waals surface area contributed by atoms with E-state index in [9.17, 15) is 9.90 Å². The van der Waals surface area contributed by atoms with Crippen molar-refractivity contribution in [1.29, 1.82) is 0 Å². The number of ketones is 1. The number of hydrogen-bond acceptors (Lipinski definition) is 2. The molecule has 2 unspecified atom stereocenters. The van der Waals surface area contributed by atoms with Gasteiger partial charge in [0.25, 0.3) is 0 Å². The Bertz CT molecular complexity index is 256. The summed E-state index contributed by atoms with van der Waals surface area (Å²) < 4.78 is 0. The van der Waals surface area contributed by atoms with Crippen LogP contribution in [0, 0.1) is 23.7 Å². The first-order valence-electron chi connectivity index (χ1n) is 6.17. The molecule has 15 heavy (non-hydrogen) atoms. The monoisotopic (exact) mass is 210 g/mol. The predicted octanol–water partition coefficient (Wildman–Crippen LogP) is 2.40. The van der Waals surface area contributed by atoms with Crippen LogP contribution in [0.15, 0.2) is 0 Å². The molecule has 2 aliphatic carbocycles. The number of rotatable bonds is 2. The molecule has 1 N–H and O–H groups in total. The fourth-order valence-corrected chi connectivity index (χ4v) is 3.76. The van der Waals surface area contributed by atoms with Crippen LogP contribution in [0.2, 0.25) is 0 Å². The molecule has 0 radical (unpaired) electrons. The van der Waals surface area contributed by atoms with Crippen molar-refractivity contribution in [2.45, 2.75) is 52.1 Å². The zero-order valence-electron chi connectivity index (χ0n) is 9.99. The van der Waals surface area contributed by atoms with Crippen LogP contribution >= 0.6 is 0 Å². The maximum Gasteiger partial charge on any atom is 0.133 e. The third-order valence-electron chi connectivity index (χ3n) is 4.70. The molecule has 86 valence electrons. The van der Waals surface area contributed by atoms with E-state index in [0.29, 0.717) is 23.5 Å². The zero-order valence-corrected chi connectivity index (χ0v) is 9.99. The van der Waals surface area contributed by atoms with Gasteiger partial charge in [0.15, 0.2) is 0 Å². The number of hydrogen-bond donors (Lipinski definition) is 1. The molecule has 0 aromatic carbocycles. The highest BCUT2D eigenvalue weighted by Gasteiger charge is 2.51. The summed E-state index contributed by atoms with van der Waals surface area (Å²) in [5.41, 5.74) is -0.502. The smallest absolute Gasteiger partial charge is 0.133 e. The molecule has 0 aromatic heterocycles. The lowest BCUT2D eigenvalue weighted by Gasteiger charge is -2.43. The summed E-state index contributed by atoms with van der Waals surface area (Å²) in [6.07, 6.45) is 3.96. The van der Waals surface area contributed by atoms with E-state index >= 15 is 0 Å². The lowest BCUT2D eigenvalue weighted by atomic mass is 9.66. The maximum absolute atomic E-state index is 11.6. The quantitative estimate of drug-likeness (QED) is 0.760. The van der Waals surface area contributed by atoms with Crippen LogP contribution in [0.5, 0.6) is 0 Å². The van der Waals surface area contributed by atoms with Gasteiger partial charge in [-0.2, -0.15) is 0 Å². The average Bonchev–Trinajstić information content (AvgIpc) is 2.39. The number of fused-ring (bicyclic) bond motifs is 2. The molecule has 0 saturated heterocycles. The van der Waals surface area contributed by atoms with Crippen LogP contribution in [0.1, 0.15) is 46.5 Å². The number of Topliss-reactive ketones (excluding diaryl/α,β-unsaturated/α-hetero) is 1. The van der Waals surface area contributed by atoms with E-state index in [2.05, 4.69) is 13.8 Å². The second kappa shape index (κ2) is 3.58. The highest BCUT2D eigenvalue weighted by Crippen LogP contribution is 2.52.